The van der Waals surface area contributed by atoms with Gasteiger partial charge in [0.15, 0.2) is 0 Å². The molecule has 20 heavy (non-hydrogen) atoms. The van der Waals surface area contributed by atoms with Crippen molar-refractivity contribution in [1.82, 2.24) is 9.80 Å². The van der Waals surface area contributed by atoms with Crippen LogP contribution in [0.2, 0.25) is 0 Å². The van der Waals surface area contributed by atoms with E-state index in [1.807, 2.05) is 29.2 Å². The van der Waals surface area contributed by atoms with Gasteiger partial charge in [-0.05, 0) is 37.5 Å². The maximum Gasteiger partial charge on any atom is 0.253 e. The van der Waals surface area contributed by atoms with Crippen molar-refractivity contribution in [2.24, 2.45) is 0 Å². The summed E-state index contributed by atoms with van der Waals surface area (Å²) in [4.78, 5) is 27.6. The van der Waals surface area contributed by atoms with Crippen LogP contribution in [0.1, 0.15) is 28.8 Å². The molecule has 1 aromatic rings. The molecule has 1 saturated carbocycles. The third kappa shape index (κ3) is 2.36. The van der Waals surface area contributed by atoms with Crippen LogP contribution in [-0.2, 0) is 4.79 Å². The molecule has 105 valence electrons. The van der Waals surface area contributed by atoms with Gasteiger partial charge in [0.2, 0.25) is 0 Å². The maximum atomic E-state index is 12.4. The largest absolute Gasteiger partial charge is 0.336 e. The van der Waals surface area contributed by atoms with Gasteiger partial charge in [0, 0.05) is 31.7 Å². The molecule has 0 atom stereocenters. The molecular weight excluding hydrogens is 252 g/mol. The molecule has 1 radical (unpaired) electrons. The van der Waals surface area contributed by atoms with Crippen LogP contribution in [0.5, 0.6) is 0 Å². The van der Waals surface area contributed by atoms with E-state index in [-0.39, 0.29) is 11.4 Å². The first-order valence-corrected chi connectivity index (χ1v) is 7.07. The first-order chi connectivity index (χ1) is 9.64. The molecule has 1 saturated heterocycles. The van der Waals surface area contributed by atoms with E-state index in [2.05, 4.69) is 11.8 Å². The van der Waals surface area contributed by atoms with Crippen molar-refractivity contribution in [2.45, 2.75) is 18.4 Å². The molecule has 1 aliphatic carbocycles. The van der Waals surface area contributed by atoms with E-state index in [1.54, 1.807) is 0 Å². The van der Waals surface area contributed by atoms with Crippen LogP contribution in [-0.4, -0.2) is 53.7 Å². The average Bonchev–Trinajstić information content (AvgIpc) is 3.28. The lowest BCUT2D eigenvalue weighted by molar-refractivity contribution is -0.114. The summed E-state index contributed by atoms with van der Waals surface area (Å²) in [5.74, 6) is 0.0612. The normalized spacial score (nSPS) is 21.6. The number of hydrogen-bond donors (Lipinski definition) is 0. The van der Waals surface area contributed by atoms with E-state index >= 15 is 0 Å². The van der Waals surface area contributed by atoms with Crippen LogP contribution >= 0.6 is 0 Å². The van der Waals surface area contributed by atoms with Crippen LogP contribution in [0, 0.1) is 6.92 Å². The Hall–Kier alpha value is -1.68. The van der Waals surface area contributed by atoms with Gasteiger partial charge in [0.25, 0.3) is 5.91 Å². The van der Waals surface area contributed by atoms with Crippen molar-refractivity contribution in [3.05, 3.63) is 42.3 Å². The first kappa shape index (κ1) is 13.3. The predicted octanol–water partition coefficient (Wildman–Crippen LogP) is 1.36. The molecule has 0 unspecified atom stereocenters. The van der Waals surface area contributed by atoms with Crippen molar-refractivity contribution in [1.29, 1.82) is 0 Å². The molecule has 3 rings (SSSR count). The highest BCUT2D eigenvalue weighted by atomic mass is 16.2. The van der Waals surface area contributed by atoms with Crippen LogP contribution in [0.15, 0.2) is 24.3 Å². The zero-order valence-electron chi connectivity index (χ0n) is 11.5. The molecule has 0 aromatic heterocycles. The Kier molecular flexibility index (Phi) is 3.34. The van der Waals surface area contributed by atoms with E-state index in [1.165, 1.54) is 0 Å². The van der Waals surface area contributed by atoms with E-state index in [4.69, 9.17) is 0 Å². The number of carbonyl (C=O) groups is 2. The summed E-state index contributed by atoms with van der Waals surface area (Å²) in [6.45, 7) is 6.81. The third-order valence-electron chi connectivity index (χ3n) is 4.35. The van der Waals surface area contributed by atoms with Gasteiger partial charge in [-0.3, -0.25) is 9.69 Å². The summed E-state index contributed by atoms with van der Waals surface area (Å²) in [7, 11) is 0. The fourth-order valence-electron chi connectivity index (χ4n) is 2.88. The summed E-state index contributed by atoms with van der Waals surface area (Å²) in [5, 5.41) is 0. The molecule has 1 aliphatic heterocycles. The lowest BCUT2D eigenvalue weighted by atomic mass is 10.1. The maximum absolute atomic E-state index is 12.4. The number of aldehydes is 1. The van der Waals surface area contributed by atoms with Crippen molar-refractivity contribution in [3.63, 3.8) is 0 Å². The Morgan fingerprint density at radius 3 is 2.45 bits per heavy atom. The van der Waals surface area contributed by atoms with Crippen LogP contribution in [0.25, 0.3) is 0 Å². The number of carbonyl (C=O) groups excluding carboxylic acids is 2. The van der Waals surface area contributed by atoms with Crippen molar-refractivity contribution in [2.75, 3.05) is 26.2 Å². The number of amides is 1. The SMILES string of the molecule is [CH2]c1cccc(C(=O)N2CCN(C3(C=O)CC3)CC2)c1. The Labute approximate surface area is 119 Å². The lowest BCUT2D eigenvalue weighted by Gasteiger charge is -2.37. The van der Waals surface area contributed by atoms with Crippen LogP contribution < -0.4 is 0 Å². The Morgan fingerprint density at radius 1 is 1.20 bits per heavy atom. The molecule has 1 aromatic carbocycles. The molecule has 0 N–H and O–H groups in total. The molecule has 2 fully saturated rings. The van der Waals surface area contributed by atoms with E-state index in [0.29, 0.717) is 18.7 Å². The van der Waals surface area contributed by atoms with Gasteiger partial charge in [-0.15, -0.1) is 0 Å². The number of rotatable bonds is 3. The molecular formula is C16H19N2O2. The Balaban J connectivity index is 1.63. The summed E-state index contributed by atoms with van der Waals surface area (Å²) in [6, 6.07) is 7.40. The fraction of sp³-hybridized carbons (Fsp3) is 0.438. The van der Waals surface area contributed by atoms with Crippen molar-refractivity contribution in [3.8, 4) is 0 Å². The molecule has 0 bridgehead atoms. The second-order valence-electron chi connectivity index (χ2n) is 5.70. The number of piperazine rings is 1. The van der Waals surface area contributed by atoms with Gasteiger partial charge in [-0.1, -0.05) is 12.1 Å². The number of nitrogens with zero attached hydrogens (tertiary/aromatic N) is 2. The van der Waals surface area contributed by atoms with Gasteiger partial charge in [-0.25, -0.2) is 0 Å². The minimum atomic E-state index is -0.206. The minimum absolute atomic E-state index is 0.0612. The minimum Gasteiger partial charge on any atom is -0.336 e. The van der Waals surface area contributed by atoms with Crippen molar-refractivity contribution < 1.29 is 9.59 Å². The van der Waals surface area contributed by atoms with Gasteiger partial charge in [0.05, 0.1) is 5.54 Å². The molecule has 0 spiro atoms. The average molecular weight is 271 g/mol. The molecule has 1 heterocycles. The first-order valence-electron chi connectivity index (χ1n) is 7.07. The molecule has 2 aliphatic rings. The van der Waals surface area contributed by atoms with Gasteiger partial charge in [0.1, 0.15) is 6.29 Å². The standard InChI is InChI=1S/C16H19N2O2/c1-13-3-2-4-14(11-13)15(20)17-7-9-18(10-8-17)16(12-19)5-6-16/h2-4,11-12H,1,5-10H2. The zero-order chi connectivity index (χ0) is 14.2. The molecule has 1 amide bonds. The number of benzene rings is 1. The lowest BCUT2D eigenvalue weighted by Crippen LogP contribution is -2.53. The van der Waals surface area contributed by atoms with E-state index in [9.17, 15) is 9.59 Å². The summed E-state index contributed by atoms with van der Waals surface area (Å²) >= 11 is 0. The van der Waals surface area contributed by atoms with Crippen molar-refractivity contribution >= 4 is 12.2 Å². The predicted molar refractivity (Wildman–Crippen MR) is 76.4 cm³/mol. The Bertz CT molecular complexity index is 529. The smallest absolute Gasteiger partial charge is 0.253 e. The molecule has 4 heteroatoms. The Morgan fingerprint density at radius 2 is 1.90 bits per heavy atom. The summed E-state index contributed by atoms with van der Waals surface area (Å²) in [6.07, 6.45) is 3.01. The topological polar surface area (TPSA) is 40.6 Å². The quantitative estimate of drug-likeness (QED) is 0.779. The van der Waals surface area contributed by atoms with Crippen LogP contribution in [0.4, 0.5) is 0 Å². The zero-order valence-corrected chi connectivity index (χ0v) is 11.5. The fourth-order valence-corrected chi connectivity index (χ4v) is 2.88. The second-order valence-corrected chi connectivity index (χ2v) is 5.70. The highest BCUT2D eigenvalue weighted by molar-refractivity contribution is 5.94. The summed E-state index contributed by atoms with van der Waals surface area (Å²) < 4.78 is 0. The third-order valence-corrected chi connectivity index (χ3v) is 4.35. The number of hydrogen-bond acceptors (Lipinski definition) is 3. The van der Waals surface area contributed by atoms with Gasteiger partial charge in [-0.2, -0.15) is 0 Å². The van der Waals surface area contributed by atoms with Gasteiger partial charge < -0.3 is 9.69 Å². The highest BCUT2D eigenvalue weighted by Gasteiger charge is 2.48. The second kappa shape index (κ2) is 5.02. The summed E-state index contributed by atoms with van der Waals surface area (Å²) in [5.41, 5.74) is 1.34. The van der Waals surface area contributed by atoms with E-state index in [0.717, 1.165) is 37.8 Å². The van der Waals surface area contributed by atoms with Crippen LogP contribution in [0.3, 0.4) is 0 Å². The van der Waals surface area contributed by atoms with Gasteiger partial charge >= 0.3 is 0 Å². The van der Waals surface area contributed by atoms with E-state index < -0.39 is 0 Å². The highest BCUT2D eigenvalue weighted by Crippen LogP contribution is 2.40. The monoisotopic (exact) mass is 271 g/mol. The molecule has 4 nitrogen and oxygen atoms in total.